The Morgan fingerprint density at radius 2 is 1.88 bits per heavy atom. The van der Waals surface area contributed by atoms with Gasteiger partial charge < -0.3 is 0 Å². The molecule has 2 aromatic rings. The van der Waals surface area contributed by atoms with Crippen molar-refractivity contribution >= 4 is 34.1 Å². The van der Waals surface area contributed by atoms with Crippen molar-refractivity contribution in [3.8, 4) is 0 Å². The number of benzene rings is 2. The van der Waals surface area contributed by atoms with E-state index in [1.54, 1.807) is 0 Å². The van der Waals surface area contributed by atoms with E-state index in [9.17, 15) is 0 Å². The van der Waals surface area contributed by atoms with Crippen LogP contribution in [0.4, 0.5) is 0 Å². The topological polar surface area (TPSA) is 0 Å². The lowest BCUT2D eigenvalue weighted by Gasteiger charge is -2.11. The molecular weight excluding hydrogens is 248 g/mol. The minimum atomic E-state index is 0.631. The lowest BCUT2D eigenvalue weighted by molar-refractivity contribution is 0.912. The SMILES string of the molecule is CC(CCCl)SCc1cccc2ccccc12. The summed E-state index contributed by atoms with van der Waals surface area (Å²) in [7, 11) is 0. The third-order valence-corrected chi connectivity index (χ3v) is 4.42. The molecule has 2 rings (SSSR count). The van der Waals surface area contributed by atoms with E-state index in [1.807, 2.05) is 11.8 Å². The molecule has 0 aliphatic heterocycles. The van der Waals surface area contributed by atoms with Crippen molar-refractivity contribution in [3.63, 3.8) is 0 Å². The van der Waals surface area contributed by atoms with Crippen LogP contribution in [0.15, 0.2) is 42.5 Å². The number of hydrogen-bond donors (Lipinski definition) is 0. The van der Waals surface area contributed by atoms with Crippen molar-refractivity contribution in [2.45, 2.75) is 24.3 Å². The number of alkyl halides is 1. The summed E-state index contributed by atoms with van der Waals surface area (Å²) >= 11 is 7.74. The van der Waals surface area contributed by atoms with E-state index >= 15 is 0 Å². The fraction of sp³-hybridized carbons (Fsp3) is 0.333. The Kier molecular flexibility index (Phi) is 4.75. The summed E-state index contributed by atoms with van der Waals surface area (Å²) < 4.78 is 0. The zero-order valence-electron chi connectivity index (χ0n) is 10.0. The van der Waals surface area contributed by atoms with E-state index in [2.05, 4.69) is 49.4 Å². The van der Waals surface area contributed by atoms with Crippen LogP contribution in [-0.2, 0) is 5.75 Å². The van der Waals surface area contributed by atoms with Crippen LogP contribution < -0.4 is 0 Å². The van der Waals surface area contributed by atoms with E-state index in [1.165, 1.54) is 16.3 Å². The average Bonchev–Trinajstić information content (AvgIpc) is 2.36. The van der Waals surface area contributed by atoms with Crippen LogP contribution in [0.25, 0.3) is 10.8 Å². The Balaban J connectivity index is 2.13. The van der Waals surface area contributed by atoms with Crippen LogP contribution in [0.1, 0.15) is 18.9 Å². The molecule has 0 radical (unpaired) electrons. The second-order valence-electron chi connectivity index (χ2n) is 4.24. The summed E-state index contributed by atoms with van der Waals surface area (Å²) in [5.41, 5.74) is 1.43. The summed E-state index contributed by atoms with van der Waals surface area (Å²) in [4.78, 5) is 0. The molecule has 0 saturated heterocycles. The fourth-order valence-electron chi connectivity index (χ4n) is 1.89. The van der Waals surface area contributed by atoms with Crippen LogP contribution in [-0.4, -0.2) is 11.1 Å². The number of thioether (sulfide) groups is 1. The Bertz CT molecular complexity index is 476. The minimum Gasteiger partial charge on any atom is -0.154 e. The molecule has 0 amide bonds. The van der Waals surface area contributed by atoms with Gasteiger partial charge >= 0.3 is 0 Å². The number of hydrogen-bond acceptors (Lipinski definition) is 1. The molecule has 17 heavy (non-hydrogen) atoms. The first-order valence-electron chi connectivity index (χ1n) is 5.95. The first kappa shape index (κ1) is 12.8. The maximum absolute atomic E-state index is 5.76. The molecule has 0 nitrogen and oxygen atoms in total. The van der Waals surface area contributed by atoms with Gasteiger partial charge in [0.15, 0.2) is 0 Å². The third kappa shape index (κ3) is 3.40. The Morgan fingerprint density at radius 3 is 2.71 bits per heavy atom. The Morgan fingerprint density at radius 1 is 1.12 bits per heavy atom. The van der Waals surface area contributed by atoms with Crippen molar-refractivity contribution in [1.82, 2.24) is 0 Å². The summed E-state index contributed by atoms with van der Waals surface area (Å²) in [5, 5.41) is 3.34. The fourth-order valence-corrected chi connectivity index (χ4v) is 3.34. The van der Waals surface area contributed by atoms with Gasteiger partial charge in [-0.1, -0.05) is 49.4 Å². The highest BCUT2D eigenvalue weighted by Crippen LogP contribution is 2.25. The predicted octanol–water partition coefficient (Wildman–Crippen LogP) is 5.09. The second kappa shape index (κ2) is 6.32. The van der Waals surface area contributed by atoms with Crippen molar-refractivity contribution in [1.29, 1.82) is 0 Å². The molecule has 0 fully saturated rings. The molecule has 2 heteroatoms. The maximum atomic E-state index is 5.76. The largest absolute Gasteiger partial charge is 0.154 e. The predicted molar refractivity (Wildman–Crippen MR) is 80.0 cm³/mol. The molecular formula is C15H17ClS. The Labute approximate surface area is 112 Å². The molecule has 0 N–H and O–H groups in total. The van der Waals surface area contributed by atoms with Gasteiger partial charge in [-0.3, -0.25) is 0 Å². The van der Waals surface area contributed by atoms with Crippen LogP contribution in [0.5, 0.6) is 0 Å². The lowest BCUT2D eigenvalue weighted by Crippen LogP contribution is -1.97. The van der Waals surface area contributed by atoms with Gasteiger partial charge in [-0.05, 0) is 22.8 Å². The Hall–Kier alpha value is -0.660. The highest BCUT2D eigenvalue weighted by atomic mass is 35.5. The number of fused-ring (bicyclic) bond motifs is 1. The molecule has 0 bridgehead atoms. The van der Waals surface area contributed by atoms with Gasteiger partial charge in [0.1, 0.15) is 0 Å². The molecule has 0 heterocycles. The molecule has 90 valence electrons. The smallest absolute Gasteiger partial charge is 0.0233 e. The lowest BCUT2D eigenvalue weighted by atomic mass is 10.1. The zero-order valence-corrected chi connectivity index (χ0v) is 11.6. The van der Waals surface area contributed by atoms with Crippen molar-refractivity contribution in [2.75, 3.05) is 5.88 Å². The van der Waals surface area contributed by atoms with Gasteiger partial charge in [-0.15, -0.1) is 11.6 Å². The first-order chi connectivity index (χ1) is 8.31. The molecule has 0 aromatic heterocycles. The van der Waals surface area contributed by atoms with E-state index < -0.39 is 0 Å². The first-order valence-corrected chi connectivity index (χ1v) is 7.54. The number of halogens is 1. The van der Waals surface area contributed by atoms with Crippen LogP contribution in [0, 0.1) is 0 Å². The molecule has 0 spiro atoms. The second-order valence-corrected chi connectivity index (χ2v) is 6.04. The van der Waals surface area contributed by atoms with Crippen molar-refractivity contribution in [3.05, 3.63) is 48.0 Å². The number of rotatable bonds is 5. The van der Waals surface area contributed by atoms with E-state index in [-0.39, 0.29) is 0 Å². The van der Waals surface area contributed by atoms with Gasteiger partial charge in [-0.2, -0.15) is 11.8 Å². The van der Waals surface area contributed by atoms with Gasteiger partial charge in [0.05, 0.1) is 0 Å². The molecule has 0 saturated carbocycles. The van der Waals surface area contributed by atoms with Crippen molar-refractivity contribution < 1.29 is 0 Å². The monoisotopic (exact) mass is 264 g/mol. The summed E-state index contributed by atoms with van der Waals surface area (Å²) in [6.07, 6.45) is 1.08. The van der Waals surface area contributed by atoms with Crippen LogP contribution in [0.2, 0.25) is 0 Å². The van der Waals surface area contributed by atoms with Gasteiger partial charge in [0.2, 0.25) is 0 Å². The van der Waals surface area contributed by atoms with Gasteiger partial charge in [-0.25, -0.2) is 0 Å². The normalized spacial score (nSPS) is 12.8. The molecule has 0 aliphatic carbocycles. The minimum absolute atomic E-state index is 0.631. The quantitative estimate of drug-likeness (QED) is 0.678. The highest BCUT2D eigenvalue weighted by Gasteiger charge is 2.04. The standard InChI is InChI=1S/C15H17ClS/c1-12(9-10-16)17-11-14-7-4-6-13-5-2-3-8-15(13)14/h2-8,12H,9-11H2,1H3. The summed E-state index contributed by atoms with van der Waals surface area (Å²) in [6.45, 7) is 2.25. The van der Waals surface area contributed by atoms with Crippen LogP contribution in [0.3, 0.4) is 0 Å². The molecule has 1 atom stereocenters. The highest BCUT2D eigenvalue weighted by molar-refractivity contribution is 7.99. The van der Waals surface area contributed by atoms with E-state index in [0.717, 1.165) is 18.1 Å². The van der Waals surface area contributed by atoms with E-state index in [0.29, 0.717) is 5.25 Å². The van der Waals surface area contributed by atoms with Crippen LogP contribution >= 0.6 is 23.4 Å². The molecule has 2 aromatic carbocycles. The summed E-state index contributed by atoms with van der Waals surface area (Å²) in [6, 6.07) is 15.1. The zero-order chi connectivity index (χ0) is 12.1. The average molecular weight is 265 g/mol. The summed E-state index contributed by atoms with van der Waals surface area (Å²) in [5.74, 6) is 1.82. The van der Waals surface area contributed by atoms with Crippen molar-refractivity contribution in [2.24, 2.45) is 0 Å². The van der Waals surface area contributed by atoms with E-state index in [4.69, 9.17) is 11.6 Å². The third-order valence-electron chi connectivity index (χ3n) is 2.92. The maximum Gasteiger partial charge on any atom is 0.0233 e. The molecule has 1 unspecified atom stereocenters. The van der Waals surface area contributed by atoms with Gasteiger partial charge in [0.25, 0.3) is 0 Å². The van der Waals surface area contributed by atoms with Gasteiger partial charge in [0, 0.05) is 16.9 Å². The molecule has 0 aliphatic rings.